The average Bonchev–Trinajstić information content (AvgIpc) is 2.68. The van der Waals surface area contributed by atoms with Crippen LogP contribution in [0.5, 0.6) is 0 Å². The molecule has 8 heteroatoms. The molecule has 0 aliphatic carbocycles. The van der Waals surface area contributed by atoms with Crippen LogP contribution < -0.4 is 16.1 Å². The van der Waals surface area contributed by atoms with E-state index < -0.39 is 28.8 Å². The van der Waals surface area contributed by atoms with Crippen molar-refractivity contribution >= 4 is 34.3 Å². The molecule has 29 heavy (non-hydrogen) atoms. The summed E-state index contributed by atoms with van der Waals surface area (Å²) in [4.78, 5) is 36.4. The zero-order valence-electron chi connectivity index (χ0n) is 15.5. The van der Waals surface area contributed by atoms with Gasteiger partial charge in [0.1, 0.15) is 11.4 Å². The van der Waals surface area contributed by atoms with Crippen molar-refractivity contribution in [2.45, 2.75) is 25.8 Å². The summed E-state index contributed by atoms with van der Waals surface area (Å²) in [5.41, 5.74) is 0.341. The molecule has 0 radical (unpaired) electrons. The van der Waals surface area contributed by atoms with Gasteiger partial charge in [0.15, 0.2) is 0 Å². The number of carboxylic acid groups (broad SMARTS) is 1. The van der Waals surface area contributed by atoms with E-state index in [1.807, 2.05) is 13.0 Å². The van der Waals surface area contributed by atoms with E-state index in [-0.39, 0.29) is 17.1 Å². The Morgan fingerprint density at radius 3 is 2.62 bits per heavy atom. The maximum Gasteiger partial charge on any atom is 0.341 e. The summed E-state index contributed by atoms with van der Waals surface area (Å²) in [6.07, 6.45) is 2.36. The number of aryl methyl sites for hydroxylation is 1. The minimum absolute atomic E-state index is 0.00188. The second-order valence-electron chi connectivity index (χ2n) is 7.03. The van der Waals surface area contributed by atoms with Gasteiger partial charge in [0.2, 0.25) is 5.43 Å². The van der Waals surface area contributed by atoms with Gasteiger partial charge in [-0.05, 0) is 38.0 Å². The Bertz CT molecular complexity index is 1200. The van der Waals surface area contributed by atoms with Crippen LogP contribution in [0.4, 0.5) is 20.6 Å². The van der Waals surface area contributed by atoms with E-state index in [1.165, 1.54) is 6.20 Å². The van der Waals surface area contributed by atoms with Crippen LogP contribution in [0.1, 0.15) is 35.3 Å². The van der Waals surface area contributed by atoms with Crippen LogP contribution in [0.2, 0.25) is 0 Å². The number of hydrogen-bond acceptors (Lipinski definition) is 3. The summed E-state index contributed by atoms with van der Waals surface area (Å²) in [5.74, 6) is -2.14. The van der Waals surface area contributed by atoms with Crippen LogP contribution >= 0.6 is 0 Å². The quantitative estimate of drug-likeness (QED) is 0.624. The van der Waals surface area contributed by atoms with Gasteiger partial charge in [0, 0.05) is 28.9 Å². The largest absolute Gasteiger partial charge is 0.477 e. The van der Waals surface area contributed by atoms with Gasteiger partial charge in [-0.2, -0.15) is 0 Å². The molecular formula is C21H18FN3O4. The molecule has 1 aliphatic rings. The Morgan fingerprint density at radius 2 is 1.93 bits per heavy atom. The van der Waals surface area contributed by atoms with Gasteiger partial charge in [0.25, 0.3) is 0 Å². The summed E-state index contributed by atoms with van der Waals surface area (Å²) in [5, 5.41) is 14.5. The van der Waals surface area contributed by atoms with Crippen molar-refractivity contribution in [2.24, 2.45) is 0 Å². The lowest BCUT2D eigenvalue weighted by Crippen LogP contribution is -2.26. The van der Waals surface area contributed by atoms with Gasteiger partial charge in [0.05, 0.1) is 11.2 Å². The van der Waals surface area contributed by atoms with Crippen molar-refractivity contribution in [3.63, 3.8) is 0 Å². The van der Waals surface area contributed by atoms with Gasteiger partial charge >= 0.3 is 12.0 Å². The molecule has 0 spiro atoms. The summed E-state index contributed by atoms with van der Waals surface area (Å²) in [6.45, 7) is 1.90. The number of para-hydroxylation sites is 1. The smallest absolute Gasteiger partial charge is 0.341 e. The van der Waals surface area contributed by atoms with E-state index >= 15 is 0 Å². The minimum Gasteiger partial charge on any atom is -0.477 e. The minimum atomic E-state index is -1.36. The van der Waals surface area contributed by atoms with Crippen LogP contribution in [0.15, 0.2) is 47.4 Å². The number of benzene rings is 2. The highest BCUT2D eigenvalue weighted by molar-refractivity contribution is 6.03. The maximum absolute atomic E-state index is 14.9. The lowest BCUT2D eigenvalue weighted by Gasteiger charge is -2.28. The molecule has 7 nitrogen and oxygen atoms in total. The Hall–Kier alpha value is -3.68. The zero-order chi connectivity index (χ0) is 20.7. The number of carbonyl (C=O) groups is 2. The van der Waals surface area contributed by atoms with E-state index in [0.29, 0.717) is 29.6 Å². The zero-order valence-corrected chi connectivity index (χ0v) is 15.5. The van der Waals surface area contributed by atoms with Crippen molar-refractivity contribution in [2.75, 3.05) is 10.6 Å². The number of nitrogens with zero attached hydrogens (tertiary/aromatic N) is 1. The lowest BCUT2D eigenvalue weighted by molar-refractivity contribution is 0.0694. The highest BCUT2D eigenvalue weighted by atomic mass is 19.1. The first-order valence-electron chi connectivity index (χ1n) is 9.13. The summed E-state index contributed by atoms with van der Waals surface area (Å²) >= 11 is 0. The van der Waals surface area contributed by atoms with Crippen LogP contribution in [0, 0.1) is 5.82 Å². The molecular weight excluding hydrogens is 377 g/mol. The van der Waals surface area contributed by atoms with Crippen LogP contribution in [-0.2, 0) is 6.42 Å². The van der Waals surface area contributed by atoms with Gasteiger partial charge in [-0.15, -0.1) is 0 Å². The standard InChI is InChI=1S/C21H18FN3O4/c1-11-7-8-13-17(24-21(29)23-12-5-3-2-4-6-12)16(22)9-14-18(13)25(11)10-15(19(14)26)20(27)28/h2-6,9-11H,7-8H2,1H3,(H,27,28)(H2,23,24,29). The normalized spacial score (nSPS) is 15.2. The molecule has 0 saturated carbocycles. The van der Waals surface area contributed by atoms with Crippen molar-refractivity contribution in [1.29, 1.82) is 0 Å². The number of rotatable bonds is 3. The number of urea groups is 1. The third kappa shape index (κ3) is 3.22. The van der Waals surface area contributed by atoms with Crippen molar-refractivity contribution < 1.29 is 19.1 Å². The lowest BCUT2D eigenvalue weighted by atomic mass is 9.94. The molecule has 0 saturated heterocycles. The first-order valence-corrected chi connectivity index (χ1v) is 9.13. The van der Waals surface area contributed by atoms with Gasteiger partial charge in [-0.1, -0.05) is 18.2 Å². The topological polar surface area (TPSA) is 100 Å². The van der Waals surface area contributed by atoms with Crippen molar-refractivity contribution in [3.05, 3.63) is 69.8 Å². The summed E-state index contributed by atoms with van der Waals surface area (Å²) in [7, 11) is 0. The predicted octanol–water partition coefficient (Wildman–Crippen LogP) is 3.99. The molecule has 3 aromatic rings. The first-order chi connectivity index (χ1) is 13.9. The van der Waals surface area contributed by atoms with Gasteiger partial charge < -0.3 is 20.3 Å². The molecule has 2 heterocycles. The Balaban J connectivity index is 1.84. The van der Waals surface area contributed by atoms with E-state index in [1.54, 1.807) is 28.8 Å². The fourth-order valence-corrected chi connectivity index (χ4v) is 3.74. The summed E-state index contributed by atoms with van der Waals surface area (Å²) < 4.78 is 16.6. The number of pyridine rings is 1. The number of anilines is 2. The fraction of sp³-hybridized carbons (Fsp3) is 0.190. The van der Waals surface area contributed by atoms with Gasteiger partial charge in [-0.25, -0.2) is 14.0 Å². The second-order valence-corrected chi connectivity index (χ2v) is 7.03. The Kier molecular flexibility index (Phi) is 4.54. The number of aromatic carboxylic acids is 1. The van der Waals surface area contributed by atoms with Gasteiger partial charge in [-0.3, -0.25) is 4.79 Å². The maximum atomic E-state index is 14.9. The molecule has 2 aromatic carbocycles. The van der Waals surface area contributed by atoms with E-state index in [0.717, 1.165) is 6.07 Å². The molecule has 3 N–H and O–H groups in total. The predicted molar refractivity (Wildman–Crippen MR) is 107 cm³/mol. The molecule has 0 fully saturated rings. The van der Waals surface area contributed by atoms with E-state index in [9.17, 15) is 23.9 Å². The number of nitrogens with one attached hydrogen (secondary N) is 2. The molecule has 1 atom stereocenters. The molecule has 148 valence electrons. The number of aromatic nitrogens is 1. The monoisotopic (exact) mass is 395 g/mol. The van der Waals surface area contributed by atoms with E-state index in [2.05, 4.69) is 10.6 Å². The SMILES string of the molecule is CC1CCc2c(NC(=O)Nc3ccccc3)c(F)cc3c(=O)c(C(=O)O)cn1c23. The number of halogens is 1. The second kappa shape index (κ2) is 7.05. The Labute approximate surface area is 164 Å². The van der Waals surface area contributed by atoms with Crippen molar-refractivity contribution in [1.82, 2.24) is 4.57 Å². The third-order valence-electron chi connectivity index (χ3n) is 5.16. The Morgan fingerprint density at radius 1 is 1.21 bits per heavy atom. The average molecular weight is 395 g/mol. The number of carbonyl (C=O) groups excluding carboxylic acids is 1. The van der Waals surface area contributed by atoms with Crippen LogP contribution in [-0.4, -0.2) is 21.7 Å². The highest BCUT2D eigenvalue weighted by Crippen LogP contribution is 2.36. The van der Waals surface area contributed by atoms with Crippen LogP contribution in [0.3, 0.4) is 0 Å². The molecule has 1 aromatic heterocycles. The summed E-state index contributed by atoms with van der Waals surface area (Å²) in [6, 6.07) is 9.05. The first kappa shape index (κ1) is 18.7. The highest BCUT2D eigenvalue weighted by Gasteiger charge is 2.27. The molecule has 4 rings (SSSR count). The van der Waals surface area contributed by atoms with E-state index in [4.69, 9.17) is 0 Å². The number of hydrogen-bond donors (Lipinski definition) is 3. The molecule has 1 aliphatic heterocycles. The molecule has 1 unspecified atom stereocenters. The third-order valence-corrected chi connectivity index (χ3v) is 5.16. The molecule has 2 amide bonds. The number of carboxylic acids is 1. The molecule has 0 bridgehead atoms. The van der Waals surface area contributed by atoms with Crippen molar-refractivity contribution in [3.8, 4) is 0 Å². The van der Waals surface area contributed by atoms with Crippen LogP contribution in [0.25, 0.3) is 10.9 Å². The number of amides is 2. The fourth-order valence-electron chi connectivity index (χ4n) is 3.74.